The Kier molecular flexibility index (Phi) is 4.06. The maximum Gasteiger partial charge on any atom is 0.255 e. The molecule has 5 nitrogen and oxygen atoms in total. The minimum Gasteiger partial charge on any atom is -0.507 e. The lowest BCUT2D eigenvalue weighted by atomic mass is 10.2. The van der Waals surface area contributed by atoms with Gasteiger partial charge in [0, 0.05) is 36.9 Å². The number of carbonyl (C=O) groups is 1. The zero-order valence-electron chi connectivity index (χ0n) is 10.4. The summed E-state index contributed by atoms with van der Waals surface area (Å²) in [5.74, 6) is -0.426. The number of hydrogen-bond acceptors (Lipinski definition) is 3. The second-order valence-electron chi connectivity index (χ2n) is 4.11. The molecule has 0 unspecified atom stereocenters. The largest absolute Gasteiger partial charge is 0.507 e. The Labute approximate surface area is 115 Å². The number of nitrogens with zero attached hydrogens (tertiary/aromatic N) is 2. The van der Waals surface area contributed by atoms with Gasteiger partial charge in [0.2, 0.25) is 0 Å². The van der Waals surface area contributed by atoms with Crippen LogP contribution in [0.3, 0.4) is 0 Å². The Bertz CT molecular complexity index is 595. The maximum absolute atomic E-state index is 11.9. The van der Waals surface area contributed by atoms with Crippen molar-refractivity contribution in [1.29, 1.82) is 0 Å². The van der Waals surface area contributed by atoms with E-state index in [1.807, 2.05) is 13.1 Å². The van der Waals surface area contributed by atoms with Crippen molar-refractivity contribution in [2.24, 2.45) is 7.05 Å². The van der Waals surface area contributed by atoms with E-state index in [1.54, 1.807) is 10.9 Å². The average molecular weight is 280 g/mol. The summed E-state index contributed by atoms with van der Waals surface area (Å²) in [6, 6.07) is 6.26. The first-order chi connectivity index (χ1) is 9.08. The number of carbonyl (C=O) groups excluding carboxylic acids is 1. The zero-order valence-corrected chi connectivity index (χ0v) is 11.2. The number of nitrogens with one attached hydrogen (secondary N) is 1. The van der Waals surface area contributed by atoms with Crippen LogP contribution in [0.4, 0.5) is 0 Å². The molecule has 1 aromatic carbocycles. The van der Waals surface area contributed by atoms with Gasteiger partial charge in [0.1, 0.15) is 5.75 Å². The first-order valence-corrected chi connectivity index (χ1v) is 6.19. The molecule has 0 saturated carbocycles. The second kappa shape index (κ2) is 5.75. The van der Waals surface area contributed by atoms with Crippen molar-refractivity contribution in [1.82, 2.24) is 15.1 Å². The van der Waals surface area contributed by atoms with Crippen molar-refractivity contribution in [3.63, 3.8) is 0 Å². The number of aromatic nitrogens is 2. The van der Waals surface area contributed by atoms with Crippen LogP contribution in [0.5, 0.6) is 5.75 Å². The summed E-state index contributed by atoms with van der Waals surface area (Å²) in [5.41, 5.74) is 1.20. The van der Waals surface area contributed by atoms with E-state index in [0.717, 1.165) is 5.69 Å². The van der Waals surface area contributed by atoms with Gasteiger partial charge in [0.25, 0.3) is 5.91 Å². The highest BCUT2D eigenvalue weighted by Gasteiger charge is 2.11. The Balaban J connectivity index is 1.94. The molecule has 0 radical (unpaired) electrons. The van der Waals surface area contributed by atoms with Gasteiger partial charge in [-0.1, -0.05) is 11.6 Å². The first kappa shape index (κ1) is 13.4. The lowest BCUT2D eigenvalue weighted by Crippen LogP contribution is -2.26. The van der Waals surface area contributed by atoms with Crippen LogP contribution >= 0.6 is 11.6 Å². The average Bonchev–Trinajstić information content (AvgIpc) is 2.78. The summed E-state index contributed by atoms with van der Waals surface area (Å²) in [5, 5.41) is 16.8. The number of benzene rings is 1. The molecule has 0 fully saturated rings. The third kappa shape index (κ3) is 3.26. The van der Waals surface area contributed by atoms with Gasteiger partial charge >= 0.3 is 0 Å². The van der Waals surface area contributed by atoms with Crippen molar-refractivity contribution in [3.8, 4) is 5.75 Å². The van der Waals surface area contributed by atoms with E-state index in [4.69, 9.17) is 11.6 Å². The molecule has 1 aromatic heterocycles. The smallest absolute Gasteiger partial charge is 0.255 e. The number of phenols is 1. The minimum absolute atomic E-state index is 0.0811. The molecule has 0 aliphatic rings. The fourth-order valence-electron chi connectivity index (χ4n) is 1.74. The molecule has 0 bridgehead atoms. The van der Waals surface area contributed by atoms with E-state index < -0.39 is 0 Å². The van der Waals surface area contributed by atoms with Crippen molar-refractivity contribution >= 4 is 17.5 Å². The number of aryl methyl sites for hydroxylation is 1. The molecule has 0 aliphatic carbocycles. The van der Waals surface area contributed by atoms with E-state index in [0.29, 0.717) is 18.0 Å². The van der Waals surface area contributed by atoms with E-state index in [2.05, 4.69) is 10.4 Å². The summed E-state index contributed by atoms with van der Waals surface area (Å²) in [6.45, 7) is 0.463. The zero-order chi connectivity index (χ0) is 13.8. The van der Waals surface area contributed by atoms with Crippen molar-refractivity contribution < 1.29 is 9.90 Å². The van der Waals surface area contributed by atoms with Gasteiger partial charge < -0.3 is 10.4 Å². The Morgan fingerprint density at radius 1 is 1.47 bits per heavy atom. The third-order valence-corrected chi connectivity index (χ3v) is 3.03. The van der Waals surface area contributed by atoms with Crippen LogP contribution < -0.4 is 5.32 Å². The van der Waals surface area contributed by atoms with Crippen LogP contribution in [0.15, 0.2) is 30.5 Å². The molecular weight excluding hydrogens is 266 g/mol. The Morgan fingerprint density at radius 3 is 2.95 bits per heavy atom. The number of rotatable bonds is 4. The van der Waals surface area contributed by atoms with Crippen LogP contribution in [-0.4, -0.2) is 27.3 Å². The monoisotopic (exact) mass is 279 g/mol. The fraction of sp³-hybridized carbons (Fsp3) is 0.231. The highest BCUT2D eigenvalue weighted by molar-refractivity contribution is 6.31. The Morgan fingerprint density at radius 2 is 2.26 bits per heavy atom. The van der Waals surface area contributed by atoms with E-state index >= 15 is 0 Å². The molecule has 0 atom stereocenters. The number of halogens is 1. The van der Waals surface area contributed by atoms with Gasteiger partial charge in [-0.05, 0) is 24.3 Å². The number of aromatic hydroxyl groups is 1. The molecule has 0 saturated heterocycles. The van der Waals surface area contributed by atoms with Crippen molar-refractivity contribution in [2.75, 3.05) is 6.54 Å². The molecule has 0 aliphatic heterocycles. The SMILES string of the molecule is Cn1nccc1CCNC(=O)c1cc(Cl)ccc1O. The highest BCUT2D eigenvalue weighted by atomic mass is 35.5. The molecule has 0 spiro atoms. The molecule has 2 rings (SSSR count). The molecule has 6 heteroatoms. The molecule has 2 aromatic rings. The first-order valence-electron chi connectivity index (χ1n) is 5.81. The van der Waals surface area contributed by atoms with Crippen molar-refractivity contribution in [3.05, 3.63) is 46.7 Å². The summed E-state index contributed by atoms with van der Waals surface area (Å²) in [6.07, 6.45) is 2.38. The van der Waals surface area contributed by atoms with Gasteiger partial charge in [-0.25, -0.2) is 0 Å². The van der Waals surface area contributed by atoms with Gasteiger partial charge in [-0.15, -0.1) is 0 Å². The van der Waals surface area contributed by atoms with Crippen LogP contribution in [0, 0.1) is 0 Å². The molecule has 100 valence electrons. The van der Waals surface area contributed by atoms with E-state index in [9.17, 15) is 9.90 Å². The lowest BCUT2D eigenvalue weighted by Gasteiger charge is -2.07. The normalized spacial score (nSPS) is 10.4. The van der Waals surface area contributed by atoms with Gasteiger partial charge in [0.05, 0.1) is 5.56 Å². The molecule has 1 amide bonds. The van der Waals surface area contributed by atoms with Gasteiger partial charge in [-0.3, -0.25) is 9.48 Å². The van der Waals surface area contributed by atoms with Crippen LogP contribution in [0.2, 0.25) is 5.02 Å². The minimum atomic E-state index is -0.345. The standard InChI is InChI=1S/C13H14ClN3O2/c1-17-10(5-7-16-17)4-6-15-13(19)11-8-9(14)2-3-12(11)18/h2-3,5,7-8,18H,4,6H2,1H3,(H,15,19). The lowest BCUT2D eigenvalue weighted by molar-refractivity contribution is 0.0951. The summed E-state index contributed by atoms with van der Waals surface area (Å²) in [4.78, 5) is 11.9. The molecule has 1 heterocycles. The summed E-state index contributed by atoms with van der Waals surface area (Å²) >= 11 is 5.79. The molecule has 2 N–H and O–H groups in total. The van der Waals surface area contributed by atoms with E-state index in [1.165, 1.54) is 18.2 Å². The number of amides is 1. The topological polar surface area (TPSA) is 67.2 Å². The van der Waals surface area contributed by atoms with Crippen molar-refractivity contribution in [2.45, 2.75) is 6.42 Å². The van der Waals surface area contributed by atoms with Crippen LogP contribution in [-0.2, 0) is 13.5 Å². The van der Waals surface area contributed by atoms with Gasteiger partial charge in [-0.2, -0.15) is 5.10 Å². The highest BCUT2D eigenvalue weighted by Crippen LogP contribution is 2.21. The molecular formula is C13H14ClN3O2. The predicted octanol–water partition coefficient (Wildman–Crippen LogP) is 1.75. The fourth-order valence-corrected chi connectivity index (χ4v) is 1.91. The summed E-state index contributed by atoms with van der Waals surface area (Å²) in [7, 11) is 1.85. The Hall–Kier alpha value is -2.01. The van der Waals surface area contributed by atoms with Crippen LogP contribution in [0.25, 0.3) is 0 Å². The van der Waals surface area contributed by atoms with Crippen LogP contribution in [0.1, 0.15) is 16.1 Å². The number of phenolic OH excluding ortho intramolecular Hbond substituents is 1. The number of hydrogen-bond donors (Lipinski definition) is 2. The third-order valence-electron chi connectivity index (χ3n) is 2.79. The predicted molar refractivity (Wildman–Crippen MR) is 72.4 cm³/mol. The summed E-state index contributed by atoms with van der Waals surface area (Å²) < 4.78 is 1.75. The quantitative estimate of drug-likeness (QED) is 0.896. The second-order valence-corrected chi connectivity index (χ2v) is 4.55. The maximum atomic E-state index is 11.9. The van der Waals surface area contributed by atoms with E-state index in [-0.39, 0.29) is 17.2 Å². The van der Waals surface area contributed by atoms with Gasteiger partial charge in [0.15, 0.2) is 0 Å². The molecule has 19 heavy (non-hydrogen) atoms.